The average Bonchev–Trinajstić information content (AvgIpc) is 2.92. The Morgan fingerprint density at radius 1 is 1.30 bits per heavy atom. The number of rotatable bonds is 5. The summed E-state index contributed by atoms with van der Waals surface area (Å²) < 4.78 is 28.5. The Balaban J connectivity index is 2.63. The number of primary sulfonamides is 1. The molecule has 0 saturated carbocycles. The molecule has 0 radical (unpaired) electrons. The average molecular weight is 316 g/mol. The Hall–Kier alpha value is -1.39. The van der Waals surface area contributed by atoms with Crippen molar-refractivity contribution in [2.24, 2.45) is 5.14 Å². The lowest BCUT2D eigenvalue weighted by Crippen LogP contribution is -2.19. The van der Waals surface area contributed by atoms with Crippen molar-refractivity contribution in [3.05, 3.63) is 5.69 Å². The van der Waals surface area contributed by atoms with Gasteiger partial charge in [0, 0.05) is 6.54 Å². The maximum absolute atomic E-state index is 11.6. The smallest absolute Gasteiger partial charge is 0.273 e. The number of sulfonamides is 1. The van der Waals surface area contributed by atoms with Crippen LogP contribution in [0, 0.1) is 0 Å². The van der Waals surface area contributed by atoms with Crippen LogP contribution in [0.25, 0.3) is 10.7 Å². The molecule has 0 aliphatic rings. The van der Waals surface area contributed by atoms with Crippen molar-refractivity contribution in [1.82, 2.24) is 24.4 Å². The van der Waals surface area contributed by atoms with Crippen LogP contribution >= 0.6 is 11.5 Å². The van der Waals surface area contributed by atoms with Crippen molar-refractivity contribution < 1.29 is 8.42 Å². The molecule has 2 rings (SSSR count). The van der Waals surface area contributed by atoms with E-state index in [-0.39, 0.29) is 11.1 Å². The maximum atomic E-state index is 11.6. The first-order valence-electron chi connectivity index (χ1n) is 6.14. The van der Waals surface area contributed by atoms with Gasteiger partial charge in [-0.25, -0.2) is 13.6 Å². The van der Waals surface area contributed by atoms with E-state index >= 15 is 0 Å². The molecule has 0 bridgehead atoms. The highest BCUT2D eigenvalue weighted by molar-refractivity contribution is 7.89. The third-order valence-corrected chi connectivity index (χ3v) is 4.23. The molecule has 110 valence electrons. The van der Waals surface area contributed by atoms with E-state index in [1.54, 1.807) is 0 Å². The largest absolute Gasteiger partial charge is 0.296 e. The molecule has 2 aromatic heterocycles. The van der Waals surface area contributed by atoms with E-state index in [1.807, 2.05) is 20.8 Å². The molecule has 2 aromatic rings. The molecule has 0 atom stereocenters. The van der Waals surface area contributed by atoms with Crippen LogP contribution in [-0.2, 0) is 16.6 Å². The van der Waals surface area contributed by atoms with Gasteiger partial charge in [0.25, 0.3) is 15.2 Å². The molecule has 10 heteroatoms. The van der Waals surface area contributed by atoms with Crippen molar-refractivity contribution >= 4 is 21.6 Å². The monoisotopic (exact) mass is 316 g/mol. The summed E-state index contributed by atoms with van der Waals surface area (Å²) in [5, 5.41) is 16.7. The summed E-state index contributed by atoms with van der Waals surface area (Å²) in [7, 11) is -3.91. The van der Waals surface area contributed by atoms with Crippen molar-refractivity contribution in [2.45, 2.75) is 44.8 Å². The molecule has 20 heavy (non-hydrogen) atoms. The zero-order chi connectivity index (χ0) is 14.9. The van der Waals surface area contributed by atoms with Gasteiger partial charge < -0.3 is 0 Å². The highest BCUT2D eigenvalue weighted by Gasteiger charge is 2.25. The predicted molar refractivity (Wildman–Crippen MR) is 74.7 cm³/mol. The van der Waals surface area contributed by atoms with Crippen molar-refractivity contribution in [2.75, 3.05) is 0 Å². The van der Waals surface area contributed by atoms with Crippen LogP contribution in [0.1, 0.15) is 38.8 Å². The van der Waals surface area contributed by atoms with Crippen LogP contribution in [0.3, 0.4) is 0 Å². The molecule has 0 unspecified atom stereocenters. The molecule has 2 N–H and O–H groups in total. The number of hydrogen-bond donors (Lipinski definition) is 1. The summed E-state index contributed by atoms with van der Waals surface area (Å²) in [6, 6.07) is 0. The third kappa shape index (κ3) is 2.72. The molecule has 0 aliphatic carbocycles. The Bertz CT molecular complexity index is 703. The van der Waals surface area contributed by atoms with Crippen LogP contribution in [0.2, 0.25) is 0 Å². The molecule has 0 saturated heterocycles. The van der Waals surface area contributed by atoms with Crippen LogP contribution in [0.5, 0.6) is 0 Å². The van der Waals surface area contributed by atoms with Gasteiger partial charge in [0.2, 0.25) is 0 Å². The van der Waals surface area contributed by atoms with Gasteiger partial charge in [0.05, 0.1) is 5.69 Å². The molecular weight excluding hydrogens is 300 g/mol. The van der Waals surface area contributed by atoms with Crippen molar-refractivity contribution in [3.8, 4) is 10.7 Å². The highest BCUT2D eigenvalue weighted by Crippen LogP contribution is 2.30. The standard InChI is InChI=1S/C10H16N6O2S2/c1-4-5-16-9(13-14-10(16)20(11,17)18)8-7(6(2)3)12-15-19-8/h6H,4-5H2,1-3H3,(H2,11,17,18). The van der Waals surface area contributed by atoms with E-state index in [9.17, 15) is 8.42 Å². The minimum atomic E-state index is -3.91. The lowest BCUT2D eigenvalue weighted by Gasteiger charge is -2.08. The summed E-state index contributed by atoms with van der Waals surface area (Å²) in [4.78, 5) is 0.732. The highest BCUT2D eigenvalue weighted by atomic mass is 32.2. The van der Waals surface area contributed by atoms with Gasteiger partial charge >= 0.3 is 0 Å². The zero-order valence-electron chi connectivity index (χ0n) is 11.4. The van der Waals surface area contributed by atoms with E-state index in [0.717, 1.165) is 17.0 Å². The first-order valence-corrected chi connectivity index (χ1v) is 8.46. The summed E-state index contributed by atoms with van der Waals surface area (Å²) in [5.74, 6) is 0.614. The number of hydrogen-bond acceptors (Lipinski definition) is 7. The quantitative estimate of drug-likeness (QED) is 0.878. The molecule has 2 heterocycles. The normalized spacial score (nSPS) is 12.2. The second-order valence-corrected chi connectivity index (χ2v) is 6.85. The Labute approximate surface area is 121 Å². The molecule has 0 aliphatic heterocycles. The third-order valence-electron chi connectivity index (χ3n) is 2.68. The van der Waals surface area contributed by atoms with Crippen LogP contribution < -0.4 is 5.14 Å². The fourth-order valence-electron chi connectivity index (χ4n) is 1.82. The molecular formula is C10H16N6O2S2. The lowest BCUT2D eigenvalue weighted by atomic mass is 10.1. The van der Waals surface area contributed by atoms with Gasteiger partial charge in [-0.15, -0.1) is 15.3 Å². The van der Waals surface area contributed by atoms with Crippen molar-refractivity contribution in [1.29, 1.82) is 0 Å². The Kier molecular flexibility index (Phi) is 4.16. The molecule has 0 spiro atoms. The predicted octanol–water partition coefficient (Wildman–Crippen LogP) is 0.977. The van der Waals surface area contributed by atoms with E-state index in [4.69, 9.17) is 5.14 Å². The second kappa shape index (κ2) is 5.54. The summed E-state index contributed by atoms with van der Waals surface area (Å²) in [6.45, 7) is 6.37. The Morgan fingerprint density at radius 3 is 2.55 bits per heavy atom. The van der Waals surface area contributed by atoms with E-state index in [2.05, 4.69) is 19.8 Å². The lowest BCUT2D eigenvalue weighted by molar-refractivity contribution is 0.559. The Morgan fingerprint density at radius 2 is 2.00 bits per heavy atom. The minimum absolute atomic E-state index is 0.161. The molecule has 8 nitrogen and oxygen atoms in total. The van der Waals surface area contributed by atoms with E-state index < -0.39 is 10.0 Å². The summed E-state index contributed by atoms with van der Waals surface area (Å²) >= 11 is 1.17. The van der Waals surface area contributed by atoms with Gasteiger partial charge in [-0.3, -0.25) is 4.57 Å². The maximum Gasteiger partial charge on any atom is 0.273 e. The first-order chi connectivity index (χ1) is 9.36. The van der Waals surface area contributed by atoms with E-state index in [1.165, 1.54) is 16.1 Å². The SMILES string of the molecule is CCCn1c(-c2snnc2C(C)C)nnc1S(N)(=O)=O. The number of aromatic nitrogens is 5. The topological polar surface area (TPSA) is 117 Å². The fraction of sp³-hybridized carbons (Fsp3) is 0.600. The zero-order valence-corrected chi connectivity index (χ0v) is 13.1. The van der Waals surface area contributed by atoms with Gasteiger partial charge in [0.15, 0.2) is 5.82 Å². The molecule has 0 amide bonds. The fourth-order valence-corrected chi connectivity index (χ4v) is 3.28. The van der Waals surface area contributed by atoms with Crippen molar-refractivity contribution in [3.63, 3.8) is 0 Å². The summed E-state index contributed by atoms with van der Waals surface area (Å²) in [5.41, 5.74) is 0.778. The van der Waals surface area contributed by atoms with E-state index in [0.29, 0.717) is 12.4 Å². The van der Waals surface area contributed by atoms with Crippen LogP contribution in [0.4, 0.5) is 0 Å². The van der Waals surface area contributed by atoms with Gasteiger partial charge in [-0.2, -0.15) is 0 Å². The minimum Gasteiger partial charge on any atom is -0.296 e. The molecule has 0 fully saturated rings. The van der Waals surface area contributed by atoms with Crippen LogP contribution in [-0.4, -0.2) is 32.8 Å². The molecule has 0 aromatic carbocycles. The second-order valence-electron chi connectivity index (χ2n) is 4.64. The first kappa shape index (κ1) is 15.0. The van der Waals surface area contributed by atoms with Gasteiger partial charge in [-0.1, -0.05) is 25.3 Å². The van der Waals surface area contributed by atoms with Crippen LogP contribution in [0.15, 0.2) is 5.16 Å². The number of nitrogens with two attached hydrogens (primary N) is 1. The summed E-state index contributed by atoms with van der Waals surface area (Å²) in [6.07, 6.45) is 0.733. The van der Waals surface area contributed by atoms with Gasteiger partial charge in [0.1, 0.15) is 4.88 Å². The number of nitrogens with zero attached hydrogens (tertiary/aromatic N) is 5. The van der Waals surface area contributed by atoms with Gasteiger partial charge in [-0.05, 0) is 23.9 Å².